The number of nitrogens with zero attached hydrogens (tertiary/aromatic N) is 4. The molecule has 0 bridgehead atoms. The Balaban J connectivity index is -0.000000108. The van der Waals surface area contributed by atoms with Crippen molar-refractivity contribution in [3.63, 3.8) is 0 Å². The summed E-state index contributed by atoms with van der Waals surface area (Å²) in [5.41, 5.74) is 0. The summed E-state index contributed by atoms with van der Waals surface area (Å²) in [6.45, 7) is -0.687. The monoisotopic (exact) mass is 414 g/mol. The second kappa shape index (κ2) is 22.2. The van der Waals surface area contributed by atoms with Crippen LogP contribution in [0.25, 0.3) is 0 Å². The fraction of sp³-hybridized carbons (Fsp3) is 1.00. The first kappa shape index (κ1) is 34.5. The van der Waals surface area contributed by atoms with Gasteiger partial charge >= 0.3 is 60.8 Å². The fourth-order valence-corrected chi connectivity index (χ4v) is 1.07. The smallest absolute Gasteiger partial charge is 1.00 e. The van der Waals surface area contributed by atoms with E-state index in [1.165, 1.54) is 4.90 Å². The maximum Gasteiger partial charge on any atom is 2.00 e. The minimum atomic E-state index is -0.987. The Morgan fingerprint density at radius 3 is 1.17 bits per heavy atom. The van der Waals surface area contributed by atoms with Gasteiger partial charge in [-0.1, -0.05) is 0 Å². The largest absolute Gasteiger partial charge is 2.00 e. The van der Waals surface area contributed by atoms with Crippen molar-refractivity contribution >= 4 is 81.7 Å². The van der Waals surface area contributed by atoms with Crippen molar-refractivity contribution in [2.75, 3.05) is 39.5 Å². The van der Waals surface area contributed by atoms with E-state index in [1.54, 1.807) is 0 Å². The van der Waals surface area contributed by atoms with Gasteiger partial charge in [0.05, 0.1) is 0 Å². The molecule has 130 valence electrons. The van der Waals surface area contributed by atoms with E-state index >= 15 is 0 Å². The summed E-state index contributed by atoms with van der Waals surface area (Å²) in [5.74, 6) is 0. The zero-order valence-electron chi connectivity index (χ0n) is 14.7. The Labute approximate surface area is 187 Å². The predicted octanol–water partition coefficient (Wildman–Crippen LogP) is -2.48. The van der Waals surface area contributed by atoms with Gasteiger partial charge in [0.1, 0.15) is 19.8 Å². The molecule has 0 aromatic heterocycles. The molecule has 0 rings (SSSR count). The molecule has 0 radical (unpaired) electrons. The summed E-state index contributed by atoms with van der Waals surface area (Å²) < 4.78 is 0. The van der Waals surface area contributed by atoms with Crippen molar-refractivity contribution < 1.29 is 32.6 Å². The summed E-state index contributed by atoms with van der Waals surface area (Å²) in [6, 6.07) is 0. The molecule has 0 aliphatic rings. The third-order valence-corrected chi connectivity index (χ3v) is 1.81. The molecule has 0 atom stereocenters. The summed E-state index contributed by atoms with van der Waals surface area (Å²) in [7, 11) is 0. The maximum atomic E-state index is 9.92. The Hall–Kier alpha value is 0.233. The third-order valence-electron chi connectivity index (χ3n) is 1.81. The SMILES string of the molecule is O=[N+]([O-])OCCN(CCO[N+](=O)[O-])CCO[N+](=O)[O-].[Ca+2].[H-].[H-].[Mg+2].[PH2-].[SiH3-]. The molecule has 0 heterocycles. The number of hydrogen-bond acceptors (Lipinski definition) is 10. The van der Waals surface area contributed by atoms with Crippen molar-refractivity contribution in [3.05, 3.63) is 30.3 Å². The molecule has 0 unspecified atom stereocenters. The van der Waals surface area contributed by atoms with Gasteiger partial charge in [-0.2, -0.15) is 0 Å². The van der Waals surface area contributed by atoms with E-state index in [1.807, 2.05) is 0 Å². The van der Waals surface area contributed by atoms with Crippen LogP contribution in [0.4, 0.5) is 0 Å². The molecule has 0 spiro atoms. The molecule has 0 fully saturated rings. The van der Waals surface area contributed by atoms with Crippen LogP contribution in [0, 0.1) is 30.3 Å². The van der Waals surface area contributed by atoms with E-state index < -0.39 is 15.3 Å². The van der Waals surface area contributed by atoms with Gasteiger partial charge in [-0.25, -0.2) is 0 Å². The Morgan fingerprint density at radius 2 is 1.00 bits per heavy atom. The van der Waals surface area contributed by atoms with Crippen LogP contribution < -0.4 is 0 Å². The molecule has 0 aliphatic carbocycles. The first-order chi connectivity index (χ1) is 8.91. The topological polar surface area (TPSA) is 160 Å². The van der Waals surface area contributed by atoms with E-state index in [0.29, 0.717) is 0 Å². The maximum absolute atomic E-state index is 9.92. The minimum absolute atomic E-state index is 0. The summed E-state index contributed by atoms with van der Waals surface area (Å²) in [5, 5.41) is 26.8. The summed E-state index contributed by atoms with van der Waals surface area (Å²) >= 11 is 0. The van der Waals surface area contributed by atoms with Gasteiger partial charge in [0.15, 0.2) is 0 Å². The van der Waals surface area contributed by atoms with Crippen molar-refractivity contribution in [2.24, 2.45) is 0 Å². The average Bonchev–Trinajstić information content (AvgIpc) is 2.26. The molecule has 13 nitrogen and oxygen atoms in total. The number of hydrogen-bond donors (Lipinski definition) is 0. The van der Waals surface area contributed by atoms with Crippen LogP contribution in [0.2, 0.25) is 0 Å². The zero-order valence-corrected chi connectivity index (χ0v) is 19.5. The van der Waals surface area contributed by atoms with Gasteiger partial charge in [-0.3, -0.25) is 4.90 Å². The van der Waals surface area contributed by atoms with E-state index in [0.717, 1.165) is 0 Å². The van der Waals surface area contributed by atoms with Crippen LogP contribution in [-0.4, -0.2) is 131 Å². The van der Waals surface area contributed by atoms with Crippen LogP contribution in [-0.2, 0) is 14.5 Å². The van der Waals surface area contributed by atoms with E-state index in [9.17, 15) is 30.3 Å². The predicted molar refractivity (Wildman–Crippen MR) is 88.7 cm³/mol. The zero-order chi connectivity index (χ0) is 14.7. The molecular weight excluding hydrogens is 396 g/mol. The van der Waals surface area contributed by atoms with Crippen LogP contribution in [0.3, 0.4) is 0 Å². The van der Waals surface area contributed by atoms with E-state index in [2.05, 4.69) is 14.5 Å². The molecule has 23 heavy (non-hydrogen) atoms. The van der Waals surface area contributed by atoms with Gasteiger partial charge in [0.25, 0.3) is 15.3 Å². The van der Waals surface area contributed by atoms with Crippen LogP contribution in [0.5, 0.6) is 0 Å². The first-order valence-electron chi connectivity index (χ1n) is 4.96. The van der Waals surface area contributed by atoms with Gasteiger partial charge in [-0.05, 0) is 0 Å². The summed E-state index contributed by atoms with van der Waals surface area (Å²) in [6.07, 6.45) is 0. The van der Waals surface area contributed by atoms with Crippen molar-refractivity contribution in [3.8, 4) is 0 Å². The van der Waals surface area contributed by atoms with Gasteiger partial charge in [0.2, 0.25) is 0 Å². The summed E-state index contributed by atoms with van der Waals surface area (Å²) in [4.78, 5) is 43.4. The third kappa shape index (κ3) is 27.4. The van der Waals surface area contributed by atoms with Gasteiger partial charge in [-0.15, -0.1) is 30.3 Å². The van der Waals surface area contributed by atoms with Crippen LogP contribution >= 0.6 is 9.90 Å². The van der Waals surface area contributed by atoms with Crippen LogP contribution in [0.1, 0.15) is 2.85 Å². The van der Waals surface area contributed by atoms with Gasteiger partial charge < -0.3 is 38.2 Å². The molecule has 0 aliphatic heterocycles. The first-order valence-corrected chi connectivity index (χ1v) is 4.96. The standard InChI is InChI=1S/C6H12N4O9.Ca.Mg.H2P.H3Si.2H/c11-8(12)17-4-1-7(2-5-18-9(13)14)3-6-19-10(15)16;;;;;;/h1-6H2;;;1H2;1H3;;/q;2*+2;4*-1. The number of rotatable bonds is 12. The van der Waals surface area contributed by atoms with Crippen LogP contribution in [0.15, 0.2) is 0 Å². The minimum Gasteiger partial charge on any atom is -1.00 e. The Morgan fingerprint density at radius 1 is 0.783 bits per heavy atom. The quantitative estimate of drug-likeness (QED) is 0.145. The van der Waals surface area contributed by atoms with Crippen molar-refractivity contribution in [2.45, 2.75) is 0 Å². The van der Waals surface area contributed by atoms with Gasteiger partial charge in [0, 0.05) is 19.6 Å². The molecule has 0 saturated carbocycles. The molecular formula is C6H19CaMgN4O9PSi. The van der Waals surface area contributed by atoms with Crippen molar-refractivity contribution in [1.29, 1.82) is 0 Å². The molecule has 0 aromatic rings. The second-order valence-electron chi connectivity index (χ2n) is 3.01. The second-order valence-corrected chi connectivity index (χ2v) is 3.01. The molecule has 17 heteroatoms. The Bertz CT molecular complexity index is 297. The van der Waals surface area contributed by atoms with E-state index in [-0.39, 0.29) is 124 Å². The Kier molecular flexibility index (Phi) is 33.4. The molecule has 0 saturated heterocycles. The van der Waals surface area contributed by atoms with Crippen molar-refractivity contribution in [1.82, 2.24) is 4.90 Å². The molecule has 0 N–H and O–H groups in total. The fourth-order valence-electron chi connectivity index (χ4n) is 1.07. The molecule has 0 aromatic carbocycles. The average molecular weight is 415 g/mol. The normalized spacial score (nSPS) is 8.22. The molecule has 0 amide bonds. The van der Waals surface area contributed by atoms with E-state index in [4.69, 9.17) is 0 Å².